The molecule has 82 valence electrons. The van der Waals surface area contributed by atoms with E-state index >= 15 is 0 Å². The number of benzene rings is 1. The Morgan fingerprint density at radius 1 is 1.40 bits per heavy atom. The maximum atomic E-state index is 10.8. The Hall–Kier alpha value is -1.26. The van der Waals surface area contributed by atoms with E-state index in [4.69, 9.17) is 26.8 Å². The van der Waals surface area contributed by atoms with Gasteiger partial charge in [0.2, 0.25) is 0 Å². The largest absolute Gasteiger partial charge is 0.492 e. The van der Waals surface area contributed by atoms with Gasteiger partial charge in [-0.3, -0.25) is 4.79 Å². The van der Waals surface area contributed by atoms with Crippen molar-refractivity contribution in [2.45, 2.75) is 6.54 Å². The zero-order chi connectivity index (χ0) is 11.4. The first kappa shape index (κ1) is 11.8. The van der Waals surface area contributed by atoms with Crippen molar-refractivity contribution in [2.24, 2.45) is 5.73 Å². The lowest BCUT2D eigenvalue weighted by atomic mass is 10.1. The molecule has 0 spiro atoms. The average molecular weight is 230 g/mol. The van der Waals surface area contributed by atoms with Crippen molar-refractivity contribution in [3.05, 3.63) is 22.2 Å². The molecule has 0 atom stereocenters. The van der Waals surface area contributed by atoms with Gasteiger partial charge < -0.3 is 15.2 Å². The molecular formula is C10H12ClNO3. The molecule has 0 aromatic heterocycles. The molecule has 0 aliphatic carbocycles. The van der Waals surface area contributed by atoms with E-state index in [1.54, 1.807) is 6.07 Å². The van der Waals surface area contributed by atoms with Crippen molar-refractivity contribution in [1.29, 1.82) is 0 Å². The van der Waals surface area contributed by atoms with Crippen molar-refractivity contribution >= 4 is 17.9 Å². The molecule has 4 nitrogen and oxygen atoms in total. The second kappa shape index (κ2) is 5.00. The molecule has 0 aliphatic heterocycles. The first-order chi connectivity index (χ1) is 7.19. The molecule has 0 amide bonds. The topological polar surface area (TPSA) is 61.5 Å². The fourth-order valence-corrected chi connectivity index (χ4v) is 1.62. The number of hydrogen-bond donors (Lipinski definition) is 1. The smallest absolute Gasteiger partial charge is 0.173 e. The molecule has 0 aliphatic rings. The van der Waals surface area contributed by atoms with Crippen LogP contribution < -0.4 is 15.2 Å². The summed E-state index contributed by atoms with van der Waals surface area (Å²) in [7, 11) is 2.93. The lowest BCUT2D eigenvalue weighted by Crippen LogP contribution is -2.04. The molecule has 1 aromatic carbocycles. The molecule has 0 unspecified atom stereocenters. The molecule has 15 heavy (non-hydrogen) atoms. The van der Waals surface area contributed by atoms with Crippen LogP contribution in [0.25, 0.3) is 0 Å². The van der Waals surface area contributed by atoms with Gasteiger partial charge in [-0.05, 0) is 6.07 Å². The molecule has 2 N–H and O–H groups in total. The highest BCUT2D eigenvalue weighted by Gasteiger charge is 2.17. The maximum Gasteiger partial charge on any atom is 0.173 e. The van der Waals surface area contributed by atoms with Crippen LogP contribution in [-0.4, -0.2) is 20.5 Å². The summed E-state index contributed by atoms with van der Waals surface area (Å²) in [6.07, 6.45) is 0.629. The molecule has 0 fully saturated rings. The van der Waals surface area contributed by atoms with E-state index in [-0.39, 0.29) is 12.1 Å². The van der Waals surface area contributed by atoms with Crippen molar-refractivity contribution in [1.82, 2.24) is 0 Å². The van der Waals surface area contributed by atoms with Gasteiger partial charge in [0.05, 0.1) is 24.8 Å². The van der Waals surface area contributed by atoms with Gasteiger partial charge in [-0.1, -0.05) is 11.6 Å². The van der Waals surface area contributed by atoms with Crippen LogP contribution >= 0.6 is 11.6 Å². The van der Waals surface area contributed by atoms with E-state index < -0.39 is 0 Å². The molecular weight excluding hydrogens is 218 g/mol. The van der Waals surface area contributed by atoms with Gasteiger partial charge in [-0.15, -0.1) is 0 Å². The number of halogens is 1. The van der Waals surface area contributed by atoms with Gasteiger partial charge in [0.1, 0.15) is 0 Å². The predicted octanol–water partition coefficient (Wildman–Crippen LogP) is 1.63. The van der Waals surface area contributed by atoms with E-state index in [0.29, 0.717) is 28.4 Å². The monoisotopic (exact) mass is 229 g/mol. The molecule has 0 radical (unpaired) electrons. The summed E-state index contributed by atoms with van der Waals surface area (Å²) in [5, 5.41) is 0.308. The summed E-state index contributed by atoms with van der Waals surface area (Å²) in [6, 6.07) is 1.60. The van der Waals surface area contributed by atoms with Crippen molar-refractivity contribution in [2.75, 3.05) is 14.2 Å². The lowest BCUT2D eigenvalue weighted by Gasteiger charge is -2.14. The lowest BCUT2D eigenvalue weighted by molar-refractivity contribution is 0.112. The molecule has 0 heterocycles. The minimum absolute atomic E-state index is 0.262. The zero-order valence-electron chi connectivity index (χ0n) is 8.54. The molecule has 1 rings (SSSR count). The molecule has 0 saturated heterocycles. The van der Waals surface area contributed by atoms with Gasteiger partial charge in [-0.2, -0.15) is 0 Å². The summed E-state index contributed by atoms with van der Waals surface area (Å²) in [5.74, 6) is 0.770. The third-order valence-electron chi connectivity index (χ3n) is 2.05. The first-order valence-electron chi connectivity index (χ1n) is 4.28. The van der Waals surface area contributed by atoms with Crippen LogP contribution in [0.1, 0.15) is 15.9 Å². The SMILES string of the molecule is COc1c(CN)cc(Cl)c(C=O)c1OC. The van der Waals surface area contributed by atoms with Gasteiger partial charge in [0, 0.05) is 12.1 Å². The normalized spacial score (nSPS) is 9.87. The van der Waals surface area contributed by atoms with Crippen LogP contribution in [0.15, 0.2) is 6.07 Å². The summed E-state index contributed by atoms with van der Waals surface area (Å²) in [5.41, 5.74) is 6.50. The summed E-state index contributed by atoms with van der Waals surface area (Å²) < 4.78 is 10.2. The fourth-order valence-electron chi connectivity index (χ4n) is 1.36. The highest BCUT2D eigenvalue weighted by Crippen LogP contribution is 2.38. The quantitative estimate of drug-likeness (QED) is 0.798. The van der Waals surface area contributed by atoms with Crippen molar-refractivity contribution in [3.63, 3.8) is 0 Å². The van der Waals surface area contributed by atoms with Crippen LogP contribution in [0.5, 0.6) is 11.5 Å². The number of ether oxygens (including phenoxy) is 2. The number of aldehydes is 1. The Kier molecular flexibility index (Phi) is 3.94. The van der Waals surface area contributed by atoms with Gasteiger partial charge in [0.15, 0.2) is 17.8 Å². The van der Waals surface area contributed by atoms with Crippen LogP contribution in [0.2, 0.25) is 5.02 Å². The second-order valence-electron chi connectivity index (χ2n) is 2.82. The third-order valence-corrected chi connectivity index (χ3v) is 2.36. The number of nitrogens with two attached hydrogens (primary N) is 1. The van der Waals surface area contributed by atoms with Crippen molar-refractivity contribution in [3.8, 4) is 11.5 Å². The van der Waals surface area contributed by atoms with E-state index in [9.17, 15) is 4.79 Å². The van der Waals surface area contributed by atoms with Crippen LogP contribution in [-0.2, 0) is 6.54 Å². The van der Waals surface area contributed by atoms with Gasteiger partial charge in [-0.25, -0.2) is 0 Å². The highest BCUT2D eigenvalue weighted by atomic mass is 35.5. The number of rotatable bonds is 4. The van der Waals surface area contributed by atoms with E-state index in [1.807, 2.05) is 0 Å². The predicted molar refractivity (Wildman–Crippen MR) is 57.8 cm³/mol. The summed E-state index contributed by atoms with van der Waals surface area (Å²) >= 11 is 5.90. The first-order valence-corrected chi connectivity index (χ1v) is 4.66. The van der Waals surface area contributed by atoms with Crippen LogP contribution in [0.4, 0.5) is 0 Å². The fraction of sp³-hybridized carbons (Fsp3) is 0.300. The van der Waals surface area contributed by atoms with Gasteiger partial charge in [0.25, 0.3) is 0 Å². The summed E-state index contributed by atoms with van der Waals surface area (Å²) in [4.78, 5) is 10.8. The van der Waals surface area contributed by atoms with E-state index in [2.05, 4.69) is 0 Å². The number of carbonyl (C=O) groups is 1. The number of methoxy groups -OCH3 is 2. The highest BCUT2D eigenvalue weighted by molar-refractivity contribution is 6.33. The Balaban J connectivity index is 3.51. The molecule has 1 aromatic rings. The molecule has 0 saturated carbocycles. The third kappa shape index (κ3) is 2.06. The summed E-state index contributed by atoms with van der Waals surface area (Å²) in [6.45, 7) is 0.262. The Bertz CT molecular complexity index is 379. The van der Waals surface area contributed by atoms with Crippen LogP contribution in [0, 0.1) is 0 Å². The number of hydrogen-bond acceptors (Lipinski definition) is 4. The van der Waals surface area contributed by atoms with Gasteiger partial charge >= 0.3 is 0 Å². The minimum Gasteiger partial charge on any atom is -0.492 e. The second-order valence-corrected chi connectivity index (χ2v) is 3.23. The van der Waals surface area contributed by atoms with Crippen LogP contribution in [0.3, 0.4) is 0 Å². The molecule has 5 heteroatoms. The maximum absolute atomic E-state index is 10.8. The van der Waals surface area contributed by atoms with Crippen molar-refractivity contribution < 1.29 is 14.3 Å². The Morgan fingerprint density at radius 3 is 2.40 bits per heavy atom. The Morgan fingerprint density at radius 2 is 2.00 bits per heavy atom. The Labute approximate surface area is 92.9 Å². The standard InChI is InChI=1S/C10H12ClNO3/c1-14-9-6(4-12)3-8(11)7(5-13)10(9)15-2/h3,5H,4,12H2,1-2H3. The minimum atomic E-state index is 0.262. The average Bonchev–Trinajstić information content (AvgIpc) is 2.27. The van der Waals surface area contributed by atoms with E-state index in [1.165, 1.54) is 14.2 Å². The molecule has 0 bridgehead atoms. The van der Waals surface area contributed by atoms with E-state index in [0.717, 1.165) is 0 Å². The zero-order valence-corrected chi connectivity index (χ0v) is 9.30. The number of carbonyl (C=O) groups excluding carboxylic acids is 1.